The van der Waals surface area contributed by atoms with Crippen molar-refractivity contribution in [1.82, 2.24) is 0 Å². The van der Waals surface area contributed by atoms with Gasteiger partial charge in [0.1, 0.15) is 5.60 Å². The molecule has 1 heterocycles. The molecular weight excluding hydrogens is 164 g/mol. The van der Waals surface area contributed by atoms with Gasteiger partial charge in [0.15, 0.2) is 0 Å². The summed E-state index contributed by atoms with van der Waals surface area (Å²) in [5.74, 6) is 0.664. The Morgan fingerprint density at radius 1 is 1.46 bits per heavy atom. The Labute approximate surface area is 80.6 Å². The number of ether oxygens (including phenoxy) is 2. The third-order valence-electron chi connectivity index (χ3n) is 4.10. The van der Waals surface area contributed by atoms with Crippen molar-refractivity contribution >= 4 is 0 Å². The third kappa shape index (κ3) is 1.02. The second-order valence-electron chi connectivity index (χ2n) is 4.45. The molecule has 0 bridgehead atoms. The first-order valence-corrected chi connectivity index (χ1v) is 5.46. The van der Waals surface area contributed by atoms with Crippen LogP contribution < -0.4 is 0 Å². The number of hydrogen-bond acceptors (Lipinski definition) is 2. The fourth-order valence-corrected chi connectivity index (χ4v) is 2.93. The van der Waals surface area contributed by atoms with Gasteiger partial charge in [-0.3, -0.25) is 0 Å². The molecule has 2 heteroatoms. The van der Waals surface area contributed by atoms with Gasteiger partial charge < -0.3 is 9.47 Å². The van der Waals surface area contributed by atoms with Gasteiger partial charge in [-0.2, -0.15) is 0 Å². The van der Waals surface area contributed by atoms with Crippen LogP contribution in [-0.4, -0.2) is 24.4 Å². The Balaban J connectivity index is 2.21. The lowest BCUT2D eigenvalue weighted by Gasteiger charge is -2.51. The Morgan fingerprint density at radius 2 is 2.23 bits per heavy atom. The summed E-state index contributed by atoms with van der Waals surface area (Å²) in [5.41, 5.74) is 0.0441. The van der Waals surface area contributed by atoms with Gasteiger partial charge in [-0.05, 0) is 33.1 Å². The van der Waals surface area contributed by atoms with Crippen LogP contribution in [0.3, 0.4) is 0 Å². The van der Waals surface area contributed by atoms with E-state index in [0.717, 1.165) is 19.6 Å². The van der Waals surface area contributed by atoms with E-state index >= 15 is 0 Å². The van der Waals surface area contributed by atoms with Crippen LogP contribution >= 0.6 is 0 Å². The first-order chi connectivity index (χ1) is 6.18. The lowest BCUT2D eigenvalue weighted by atomic mass is 9.62. The van der Waals surface area contributed by atoms with Gasteiger partial charge in [-0.25, -0.2) is 0 Å². The first kappa shape index (κ1) is 9.47. The Kier molecular flexibility index (Phi) is 2.16. The van der Waals surface area contributed by atoms with Crippen LogP contribution in [0.5, 0.6) is 0 Å². The van der Waals surface area contributed by atoms with Gasteiger partial charge in [0, 0.05) is 12.5 Å². The molecule has 3 atom stereocenters. The van der Waals surface area contributed by atoms with E-state index in [1.54, 1.807) is 0 Å². The molecule has 2 aliphatic rings. The molecule has 2 nitrogen and oxygen atoms in total. The zero-order chi connectivity index (χ0) is 9.53. The van der Waals surface area contributed by atoms with Crippen LogP contribution in [0.2, 0.25) is 0 Å². The minimum absolute atomic E-state index is 0.0219. The zero-order valence-electron chi connectivity index (χ0n) is 8.93. The molecule has 0 amide bonds. The van der Waals surface area contributed by atoms with E-state index in [1.165, 1.54) is 12.8 Å². The predicted molar refractivity (Wildman–Crippen MR) is 51.7 cm³/mol. The highest BCUT2D eigenvalue weighted by Crippen LogP contribution is 2.56. The SMILES string of the molecule is CCO[C@]12CC[C@H]1CO[C@@]2(C)CC. The standard InChI is InChI=1S/C11H20O2/c1-4-10(3)11(12-5-2)7-6-9(11)8-13-10/h9H,4-8H2,1-3H3/t9-,10-,11+/m0/s1. The Hall–Kier alpha value is -0.0800. The van der Waals surface area contributed by atoms with E-state index in [0.29, 0.717) is 5.92 Å². The second-order valence-corrected chi connectivity index (χ2v) is 4.45. The molecule has 13 heavy (non-hydrogen) atoms. The smallest absolute Gasteiger partial charge is 0.102 e. The normalized spacial score (nSPS) is 48.7. The lowest BCUT2D eigenvalue weighted by Crippen LogP contribution is -2.59. The highest BCUT2D eigenvalue weighted by molar-refractivity contribution is 5.13. The molecule has 0 aromatic rings. The Morgan fingerprint density at radius 3 is 2.69 bits per heavy atom. The van der Waals surface area contributed by atoms with E-state index in [1.807, 2.05) is 0 Å². The van der Waals surface area contributed by atoms with Crippen molar-refractivity contribution < 1.29 is 9.47 Å². The summed E-state index contributed by atoms with van der Waals surface area (Å²) >= 11 is 0. The molecule has 0 unspecified atom stereocenters. The van der Waals surface area contributed by atoms with Crippen molar-refractivity contribution in [2.75, 3.05) is 13.2 Å². The van der Waals surface area contributed by atoms with Gasteiger partial charge in [0.05, 0.1) is 12.2 Å². The van der Waals surface area contributed by atoms with Crippen molar-refractivity contribution in [2.24, 2.45) is 5.92 Å². The van der Waals surface area contributed by atoms with E-state index in [4.69, 9.17) is 9.47 Å². The fraction of sp³-hybridized carbons (Fsp3) is 1.00. The third-order valence-corrected chi connectivity index (χ3v) is 4.10. The van der Waals surface area contributed by atoms with E-state index in [-0.39, 0.29) is 11.2 Å². The Bertz CT molecular complexity index is 204. The molecule has 1 aliphatic carbocycles. The topological polar surface area (TPSA) is 18.5 Å². The summed E-state index contributed by atoms with van der Waals surface area (Å²) in [5, 5.41) is 0. The largest absolute Gasteiger partial charge is 0.372 e. The molecular formula is C11H20O2. The van der Waals surface area contributed by atoms with Crippen molar-refractivity contribution in [3.05, 3.63) is 0 Å². The number of rotatable bonds is 3. The van der Waals surface area contributed by atoms with Crippen LogP contribution in [0.25, 0.3) is 0 Å². The predicted octanol–water partition coefficient (Wildman–Crippen LogP) is 2.37. The highest BCUT2D eigenvalue weighted by Gasteiger charge is 2.64. The van der Waals surface area contributed by atoms with Crippen LogP contribution in [0.4, 0.5) is 0 Å². The second kappa shape index (κ2) is 2.96. The highest BCUT2D eigenvalue weighted by atomic mass is 16.6. The van der Waals surface area contributed by atoms with Gasteiger partial charge in [-0.15, -0.1) is 0 Å². The van der Waals surface area contributed by atoms with Gasteiger partial charge in [0.2, 0.25) is 0 Å². The average molecular weight is 184 g/mol. The molecule has 0 spiro atoms. The molecule has 0 N–H and O–H groups in total. The van der Waals surface area contributed by atoms with Crippen LogP contribution in [0.15, 0.2) is 0 Å². The summed E-state index contributed by atoms with van der Waals surface area (Å²) in [6.45, 7) is 8.21. The molecule has 76 valence electrons. The molecule has 0 aromatic heterocycles. The molecule has 0 radical (unpaired) electrons. The van der Waals surface area contributed by atoms with Crippen LogP contribution in [0.1, 0.15) is 40.0 Å². The molecule has 0 aromatic carbocycles. The number of hydrogen-bond donors (Lipinski definition) is 0. The van der Waals surface area contributed by atoms with Crippen LogP contribution in [-0.2, 0) is 9.47 Å². The van der Waals surface area contributed by atoms with E-state index in [9.17, 15) is 0 Å². The van der Waals surface area contributed by atoms with Gasteiger partial charge in [-0.1, -0.05) is 6.92 Å². The maximum atomic E-state index is 5.97. The van der Waals surface area contributed by atoms with Crippen molar-refractivity contribution in [3.63, 3.8) is 0 Å². The minimum Gasteiger partial charge on any atom is -0.372 e. The van der Waals surface area contributed by atoms with E-state index in [2.05, 4.69) is 20.8 Å². The fourth-order valence-electron chi connectivity index (χ4n) is 2.93. The van der Waals surface area contributed by atoms with Gasteiger partial charge >= 0.3 is 0 Å². The molecule has 2 rings (SSSR count). The zero-order valence-corrected chi connectivity index (χ0v) is 8.93. The summed E-state index contributed by atoms with van der Waals surface area (Å²) in [7, 11) is 0. The molecule has 2 fully saturated rings. The summed E-state index contributed by atoms with van der Waals surface area (Å²) in [4.78, 5) is 0. The molecule has 1 saturated heterocycles. The minimum atomic E-state index is -0.0219. The van der Waals surface area contributed by atoms with Gasteiger partial charge in [0.25, 0.3) is 0 Å². The monoisotopic (exact) mass is 184 g/mol. The van der Waals surface area contributed by atoms with Crippen molar-refractivity contribution in [2.45, 2.75) is 51.2 Å². The quantitative estimate of drug-likeness (QED) is 0.670. The first-order valence-electron chi connectivity index (χ1n) is 5.46. The maximum absolute atomic E-state index is 5.97. The maximum Gasteiger partial charge on any atom is 0.102 e. The summed E-state index contributed by atoms with van der Waals surface area (Å²) < 4.78 is 11.9. The van der Waals surface area contributed by atoms with E-state index < -0.39 is 0 Å². The van der Waals surface area contributed by atoms with Crippen LogP contribution in [0, 0.1) is 5.92 Å². The average Bonchev–Trinajstić information content (AvgIpc) is 2.28. The van der Waals surface area contributed by atoms with Crippen molar-refractivity contribution in [1.29, 1.82) is 0 Å². The number of fused-ring (bicyclic) bond motifs is 1. The van der Waals surface area contributed by atoms with Crippen molar-refractivity contribution in [3.8, 4) is 0 Å². The molecule has 1 aliphatic heterocycles. The summed E-state index contributed by atoms with van der Waals surface area (Å²) in [6.07, 6.45) is 3.54. The molecule has 1 saturated carbocycles. The lowest BCUT2D eigenvalue weighted by molar-refractivity contribution is -0.190. The summed E-state index contributed by atoms with van der Waals surface area (Å²) in [6, 6.07) is 0.